The van der Waals surface area contributed by atoms with E-state index in [9.17, 15) is 35.9 Å². The van der Waals surface area contributed by atoms with Gasteiger partial charge >= 0.3 is 12.4 Å². The first kappa shape index (κ1) is 22.8. The molecule has 1 heterocycles. The van der Waals surface area contributed by atoms with Crippen LogP contribution in [0.15, 0.2) is 59.4 Å². The molecule has 168 valence electrons. The van der Waals surface area contributed by atoms with Gasteiger partial charge in [-0.05, 0) is 42.5 Å². The van der Waals surface area contributed by atoms with Crippen molar-refractivity contribution in [2.75, 3.05) is 12.4 Å². The van der Waals surface area contributed by atoms with Crippen LogP contribution in [-0.4, -0.2) is 22.8 Å². The van der Waals surface area contributed by atoms with E-state index in [1.165, 1.54) is 31.4 Å². The van der Waals surface area contributed by atoms with Crippen LogP contribution in [0.25, 0.3) is 5.69 Å². The number of carbonyl (C=O) groups is 1. The minimum atomic E-state index is -5.12. The number of benzene rings is 2. The Morgan fingerprint density at radius 1 is 0.969 bits per heavy atom. The highest BCUT2D eigenvalue weighted by Gasteiger charge is 2.38. The van der Waals surface area contributed by atoms with Crippen molar-refractivity contribution in [1.82, 2.24) is 9.78 Å². The van der Waals surface area contributed by atoms with Crippen LogP contribution in [0.3, 0.4) is 0 Å². The molecule has 1 amide bonds. The van der Waals surface area contributed by atoms with Crippen molar-refractivity contribution in [3.63, 3.8) is 0 Å². The van der Waals surface area contributed by atoms with Crippen LogP contribution in [0.5, 0.6) is 5.75 Å². The number of hydrogen-bond donors (Lipinski definition) is 1. The Labute approximate surface area is 176 Å². The number of rotatable bonds is 4. The molecule has 0 atom stereocenters. The third-order valence-corrected chi connectivity index (χ3v) is 4.22. The molecule has 0 bridgehead atoms. The van der Waals surface area contributed by atoms with Gasteiger partial charge in [-0.1, -0.05) is 6.07 Å². The van der Waals surface area contributed by atoms with Crippen LogP contribution in [0.1, 0.15) is 21.6 Å². The molecule has 0 aliphatic carbocycles. The standard InChI is InChI=1S/C20H13F6N3O3/c1-32-14-7-5-12(6-8-14)27-18(31)17-15(20(24,25)26)10-16(30)29(28-17)13-4-2-3-11(9-13)19(21,22)23/h2-10H,1H3,(H,27,31). The maximum atomic E-state index is 13.4. The summed E-state index contributed by atoms with van der Waals surface area (Å²) in [7, 11) is 1.39. The second-order valence-corrected chi connectivity index (χ2v) is 6.39. The van der Waals surface area contributed by atoms with Gasteiger partial charge in [-0.15, -0.1) is 0 Å². The molecule has 0 unspecified atom stereocenters. The highest BCUT2D eigenvalue weighted by molar-refractivity contribution is 6.03. The van der Waals surface area contributed by atoms with Gasteiger partial charge in [0.1, 0.15) is 5.75 Å². The predicted molar refractivity (Wildman–Crippen MR) is 101 cm³/mol. The quantitative estimate of drug-likeness (QED) is 0.585. The van der Waals surface area contributed by atoms with Gasteiger partial charge in [-0.3, -0.25) is 9.59 Å². The Hall–Kier alpha value is -3.83. The van der Waals surface area contributed by atoms with E-state index in [2.05, 4.69) is 10.4 Å². The van der Waals surface area contributed by atoms with Crippen LogP contribution in [-0.2, 0) is 12.4 Å². The lowest BCUT2D eigenvalue weighted by Crippen LogP contribution is -2.30. The maximum absolute atomic E-state index is 13.4. The van der Waals surface area contributed by atoms with Gasteiger partial charge in [0, 0.05) is 11.8 Å². The lowest BCUT2D eigenvalue weighted by Gasteiger charge is -2.15. The second kappa shape index (κ2) is 8.36. The zero-order valence-corrected chi connectivity index (χ0v) is 16.1. The van der Waals surface area contributed by atoms with Crippen molar-refractivity contribution in [3.8, 4) is 11.4 Å². The van der Waals surface area contributed by atoms with Gasteiger partial charge in [-0.25, -0.2) is 0 Å². The van der Waals surface area contributed by atoms with E-state index in [4.69, 9.17) is 4.74 Å². The molecule has 32 heavy (non-hydrogen) atoms. The zero-order chi connectivity index (χ0) is 23.7. The van der Waals surface area contributed by atoms with Gasteiger partial charge < -0.3 is 10.1 Å². The normalized spacial score (nSPS) is 11.8. The molecule has 2 aromatic carbocycles. The third-order valence-electron chi connectivity index (χ3n) is 4.22. The lowest BCUT2D eigenvalue weighted by atomic mass is 10.1. The molecular weight excluding hydrogens is 444 g/mol. The average Bonchev–Trinajstić information content (AvgIpc) is 2.73. The van der Waals surface area contributed by atoms with Crippen molar-refractivity contribution >= 4 is 11.6 Å². The maximum Gasteiger partial charge on any atom is 0.418 e. The summed E-state index contributed by atoms with van der Waals surface area (Å²) in [5.74, 6) is -0.890. The lowest BCUT2D eigenvalue weighted by molar-refractivity contribution is -0.138. The van der Waals surface area contributed by atoms with Crippen LogP contribution in [0.4, 0.5) is 32.0 Å². The summed E-state index contributed by atoms with van der Waals surface area (Å²) in [6.07, 6.45) is -9.88. The molecule has 0 spiro atoms. The molecule has 12 heteroatoms. The van der Waals surface area contributed by atoms with Crippen molar-refractivity contribution < 1.29 is 35.9 Å². The van der Waals surface area contributed by atoms with Crippen LogP contribution < -0.4 is 15.6 Å². The number of anilines is 1. The molecule has 6 nitrogen and oxygen atoms in total. The summed E-state index contributed by atoms with van der Waals surface area (Å²) in [5.41, 5.74) is -5.69. The molecule has 0 aliphatic rings. The molecule has 1 aromatic heterocycles. The summed E-state index contributed by atoms with van der Waals surface area (Å²) in [5, 5.41) is 5.65. The number of alkyl halides is 6. The Balaban J connectivity index is 2.10. The average molecular weight is 457 g/mol. The topological polar surface area (TPSA) is 73.2 Å². The van der Waals surface area contributed by atoms with E-state index in [1.807, 2.05) is 0 Å². The zero-order valence-electron chi connectivity index (χ0n) is 16.1. The first-order valence-electron chi connectivity index (χ1n) is 8.75. The SMILES string of the molecule is COc1ccc(NC(=O)c2nn(-c3cccc(C(F)(F)F)c3)c(=O)cc2C(F)(F)F)cc1. The van der Waals surface area contributed by atoms with Gasteiger partial charge in [0.15, 0.2) is 5.69 Å². The summed E-state index contributed by atoms with van der Waals surface area (Å²) in [4.78, 5) is 24.8. The summed E-state index contributed by atoms with van der Waals surface area (Å²) in [6.45, 7) is 0. The van der Waals surface area contributed by atoms with Gasteiger partial charge in [0.05, 0.1) is 23.9 Å². The Morgan fingerprint density at radius 3 is 2.19 bits per heavy atom. The number of methoxy groups -OCH3 is 1. The summed E-state index contributed by atoms with van der Waals surface area (Å²) < 4.78 is 84.5. The molecular formula is C20H13F6N3O3. The van der Waals surface area contributed by atoms with Crippen molar-refractivity contribution in [2.45, 2.75) is 12.4 Å². The van der Waals surface area contributed by atoms with Gasteiger partial charge in [-0.2, -0.15) is 36.1 Å². The molecule has 1 N–H and O–H groups in total. The smallest absolute Gasteiger partial charge is 0.418 e. The van der Waals surface area contributed by atoms with Crippen molar-refractivity contribution in [2.24, 2.45) is 0 Å². The number of nitrogens with zero attached hydrogens (tertiary/aromatic N) is 2. The number of ether oxygens (including phenoxy) is 1. The number of amides is 1. The molecule has 0 saturated heterocycles. The first-order chi connectivity index (χ1) is 14.9. The monoisotopic (exact) mass is 457 g/mol. The molecule has 3 rings (SSSR count). The van der Waals surface area contributed by atoms with Crippen LogP contribution in [0.2, 0.25) is 0 Å². The molecule has 0 fully saturated rings. The van der Waals surface area contributed by atoms with E-state index in [0.717, 1.165) is 18.2 Å². The molecule has 0 aliphatic heterocycles. The van der Waals surface area contributed by atoms with E-state index in [0.29, 0.717) is 16.5 Å². The fourth-order valence-electron chi connectivity index (χ4n) is 2.70. The number of aromatic nitrogens is 2. The highest BCUT2D eigenvalue weighted by atomic mass is 19.4. The number of nitrogens with one attached hydrogen (secondary N) is 1. The minimum absolute atomic E-state index is 0.0996. The highest BCUT2D eigenvalue weighted by Crippen LogP contribution is 2.32. The first-order valence-corrected chi connectivity index (χ1v) is 8.75. The predicted octanol–water partition coefficient (Wildman–Crippen LogP) is 4.53. The van der Waals surface area contributed by atoms with Crippen LogP contribution in [0, 0.1) is 0 Å². The molecule has 3 aromatic rings. The van der Waals surface area contributed by atoms with Crippen molar-refractivity contribution in [1.29, 1.82) is 0 Å². The van der Waals surface area contributed by atoms with Crippen LogP contribution >= 0.6 is 0 Å². The van der Waals surface area contributed by atoms with Crippen molar-refractivity contribution in [3.05, 3.63) is 81.8 Å². The number of carbonyl (C=O) groups excluding carboxylic acids is 1. The largest absolute Gasteiger partial charge is 0.497 e. The summed E-state index contributed by atoms with van der Waals surface area (Å²) >= 11 is 0. The van der Waals surface area contributed by atoms with Gasteiger partial charge in [0.25, 0.3) is 11.5 Å². The van der Waals surface area contributed by atoms with E-state index < -0.39 is 46.3 Å². The minimum Gasteiger partial charge on any atom is -0.497 e. The molecule has 0 saturated carbocycles. The fraction of sp³-hybridized carbons (Fsp3) is 0.150. The van der Waals surface area contributed by atoms with E-state index >= 15 is 0 Å². The molecule has 0 radical (unpaired) electrons. The van der Waals surface area contributed by atoms with E-state index in [-0.39, 0.29) is 11.8 Å². The Bertz CT molecular complexity index is 1200. The number of halogens is 6. The fourth-order valence-corrected chi connectivity index (χ4v) is 2.70. The Morgan fingerprint density at radius 2 is 1.62 bits per heavy atom. The van der Waals surface area contributed by atoms with Gasteiger partial charge in [0.2, 0.25) is 0 Å². The van der Waals surface area contributed by atoms with E-state index in [1.54, 1.807) is 0 Å². The third kappa shape index (κ3) is 4.90. The second-order valence-electron chi connectivity index (χ2n) is 6.39. The number of hydrogen-bond acceptors (Lipinski definition) is 4. The Kier molecular flexibility index (Phi) is 5.97. The summed E-state index contributed by atoms with van der Waals surface area (Å²) in [6, 6.07) is 8.95.